The Balaban J connectivity index is 2.32. The van der Waals surface area contributed by atoms with Crippen LogP contribution in [0, 0.1) is 13.8 Å². The smallest absolute Gasteiger partial charge is 0.137 e. The molecule has 1 aliphatic heterocycles. The van der Waals surface area contributed by atoms with Crippen LogP contribution < -0.4 is 10.2 Å². The monoisotopic (exact) mass is 278 g/mol. The number of aromatic nitrogens is 2. The van der Waals surface area contributed by atoms with Gasteiger partial charge in [0.15, 0.2) is 0 Å². The summed E-state index contributed by atoms with van der Waals surface area (Å²) in [5.41, 5.74) is 1.13. The lowest BCUT2D eigenvalue weighted by Gasteiger charge is -2.38. The van der Waals surface area contributed by atoms with E-state index in [9.17, 15) is 0 Å². The van der Waals surface area contributed by atoms with Crippen LogP contribution in [0.2, 0.25) is 0 Å². The Labute approximate surface area is 121 Å². The topological polar surface area (TPSA) is 50.3 Å². The van der Waals surface area contributed by atoms with E-state index in [1.165, 1.54) is 0 Å². The molecule has 20 heavy (non-hydrogen) atoms. The molecule has 0 radical (unpaired) electrons. The number of ether oxygens (including phenoxy) is 1. The molecule has 2 atom stereocenters. The van der Waals surface area contributed by atoms with Gasteiger partial charge in [0.05, 0.1) is 18.8 Å². The van der Waals surface area contributed by atoms with Crippen LogP contribution in [0.25, 0.3) is 0 Å². The standard InChI is InChI=1S/C15H26N4O/c1-6-7-16-14-12(4)15(18-13(5)17-14)19-8-11(3)20-9-10(19)2/h10-11H,6-9H2,1-5H3,(H,16,17,18). The van der Waals surface area contributed by atoms with Crippen molar-refractivity contribution in [3.05, 3.63) is 11.4 Å². The van der Waals surface area contributed by atoms with Gasteiger partial charge in [-0.1, -0.05) is 6.92 Å². The van der Waals surface area contributed by atoms with Crippen LogP contribution in [0.1, 0.15) is 38.6 Å². The fraction of sp³-hybridized carbons (Fsp3) is 0.733. The highest BCUT2D eigenvalue weighted by Gasteiger charge is 2.26. The molecule has 0 spiro atoms. The van der Waals surface area contributed by atoms with E-state index in [1.807, 2.05) is 6.92 Å². The number of rotatable bonds is 4. The van der Waals surface area contributed by atoms with Crippen LogP contribution in [0.5, 0.6) is 0 Å². The molecule has 1 fully saturated rings. The zero-order valence-corrected chi connectivity index (χ0v) is 13.2. The molecule has 0 aliphatic carbocycles. The second-order valence-corrected chi connectivity index (χ2v) is 5.64. The molecule has 112 valence electrons. The van der Waals surface area contributed by atoms with E-state index in [0.29, 0.717) is 6.04 Å². The third-order valence-electron chi connectivity index (χ3n) is 3.65. The Morgan fingerprint density at radius 1 is 1.30 bits per heavy atom. The molecule has 1 aromatic rings. The predicted molar refractivity (Wildman–Crippen MR) is 82.5 cm³/mol. The number of hydrogen-bond donors (Lipinski definition) is 1. The van der Waals surface area contributed by atoms with Crippen LogP contribution in [0.3, 0.4) is 0 Å². The van der Waals surface area contributed by atoms with Gasteiger partial charge < -0.3 is 15.0 Å². The maximum Gasteiger partial charge on any atom is 0.137 e. The lowest BCUT2D eigenvalue weighted by Crippen LogP contribution is -2.48. The summed E-state index contributed by atoms with van der Waals surface area (Å²) < 4.78 is 5.71. The minimum absolute atomic E-state index is 0.243. The number of anilines is 2. The Morgan fingerprint density at radius 2 is 2.05 bits per heavy atom. The second-order valence-electron chi connectivity index (χ2n) is 5.64. The number of hydrogen-bond acceptors (Lipinski definition) is 5. The van der Waals surface area contributed by atoms with Crippen LogP contribution in [0.4, 0.5) is 11.6 Å². The predicted octanol–water partition coefficient (Wildman–Crippen LogP) is 2.53. The third-order valence-corrected chi connectivity index (χ3v) is 3.65. The number of nitrogens with zero attached hydrogens (tertiary/aromatic N) is 3. The van der Waals surface area contributed by atoms with Crippen molar-refractivity contribution in [2.45, 2.75) is 53.2 Å². The molecular weight excluding hydrogens is 252 g/mol. The summed E-state index contributed by atoms with van der Waals surface area (Å²) in [6, 6.07) is 0.346. The largest absolute Gasteiger partial charge is 0.375 e. The fourth-order valence-electron chi connectivity index (χ4n) is 2.51. The van der Waals surface area contributed by atoms with Gasteiger partial charge in [-0.25, -0.2) is 9.97 Å². The first kappa shape index (κ1) is 15.0. The van der Waals surface area contributed by atoms with Crippen molar-refractivity contribution in [3.8, 4) is 0 Å². The first-order valence-corrected chi connectivity index (χ1v) is 7.50. The van der Waals surface area contributed by atoms with Crippen molar-refractivity contribution >= 4 is 11.6 Å². The quantitative estimate of drug-likeness (QED) is 0.917. The van der Waals surface area contributed by atoms with Crippen LogP contribution in [-0.4, -0.2) is 41.8 Å². The van der Waals surface area contributed by atoms with Gasteiger partial charge in [0, 0.05) is 18.7 Å². The highest BCUT2D eigenvalue weighted by Crippen LogP contribution is 2.27. The summed E-state index contributed by atoms with van der Waals surface area (Å²) in [5.74, 6) is 2.81. The van der Waals surface area contributed by atoms with Crippen molar-refractivity contribution in [2.75, 3.05) is 29.9 Å². The van der Waals surface area contributed by atoms with Gasteiger partial charge in [-0.05, 0) is 34.1 Å². The first-order chi connectivity index (χ1) is 9.52. The van der Waals surface area contributed by atoms with Gasteiger partial charge in [-0.2, -0.15) is 0 Å². The summed E-state index contributed by atoms with van der Waals surface area (Å²) in [7, 11) is 0. The van der Waals surface area contributed by atoms with Crippen LogP contribution in [0.15, 0.2) is 0 Å². The fourth-order valence-corrected chi connectivity index (χ4v) is 2.51. The van der Waals surface area contributed by atoms with Gasteiger partial charge in [0.1, 0.15) is 17.5 Å². The van der Waals surface area contributed by atoms with Crippen molar-refractivity contribution in [1.82, 2.24) is 9.97 Å². The van der Waals surface area contributed by atoms with E-state index in [2.05, 4.69) is 47.9 Å². The normalized spacial score (nSPS) is 22.9. The van der Waals surface area contributed by atoms with Crippen molar-refractivity contribution in [2.24, 2.45) is 0 Å². The Hall–Kier alpha value is -1.36. The van der Waals surface area contributed by atoms with Gasteiger partial charge in [0.25, 0.3) is 0 Å². The molecule has 0 bridgehead atoms. The number of nitrogens with one attached hydrogen (secondary N) is 1. The van der Waals surface area contributed by atoms with Gasteiger partial charge in [0.2, 0.25) is 0 Å². The molecule has 1 aromatic heterocycles. The average Bonchev–Trinajstić information content (AvgIpc) is 2.42. The third kappa shape index (κ3) is 3.20. The summed E-state index contributed by atoms with van der Waals surface area (Å²) in [6.07, 6.45) is 1.33. The Bertz CT molecular complexity index is 463. The molecule has 0 amide bonds. The number of morpholine rings is 1. The average molecular weight is 278 g/mol. The molecule has 5 heteroatoms. The van der Waals surface area contributed by atoms with Crippen LogP contribution in [-0.2, 0) is 4.74 Å². The lowest BCUT2D eigenvalue weighted by atomic mass is 10.1. The Morgan fingerprint density at radius 3 is 2.75 bits per heavy atom. The molecule has 0 aromatic carbocycles. The first-order valence-electron chi connectivity index (χ1n) is 7.50. The van der Waals surface area contributed by atoms with E-state index in [4.69, 9.17) is 4.74 Å². The lowest BCUT2D eigenvalue weighted by molar-refractivity contribution is 0.0340. The van der Waals surface area contributed by atoms with Gasteiger partial charge in [-0.15, -0.1) is 0 Å². The summed E-state index contributed by atoms with van der Waals surface area (Å²) >= 11 is 0. The molecule has 2 heterocycles. The summed E-state index contributed by atoms with van der Waals surface area (Å²) in [4.78, 5) is 11.5. The maximum absolute atomic E-state index is 5.71. The molecule has 1 N–H and O–H groups in total. The van der Waals surface area contributed by atoms with Crippen molar-refractivity contribution < 1.29 is 4.74 Å². The molecule has 0 saturated carbocycles. The maximum atomic E-state index is 5.71. The van der Waals surface area contributed by atoms with E-state index < -0.39 is 0 Å². The molecule has 1 aliphatic rings. The molecule has 2 unspecified atom stereocenters. The molecule has 2 rings (SSSR count). The number of aryl methyl sites for hydroxylation is 1. The van der Waals surface area contributed by atoms with E-state index in [0.717, 1.165) is 49.1 Å². The second kappa shape index (κ2) is 6.39. The van der Waals surface area contributed by atoms with E-state index in [1.54, 1.807) is 0 Å². The van der Waals surface area contributed by atoms with E-state index in [-0.39, 0.29) is 6.10 Å². The van der Waals surface area contributed by atoms with Gasteiger partial charge >= 0.3 is 0 Å². The SMILES string of the molecule is CCCNc1nc(C)nc(N2CC(C)OCC2C)c1C. The zero-order valence-electron chi connectivity index (χ0n) is 13.2. The van der Waals surface area contributed by atoms with Crippen molar-refractivity contribution in [3.63, 3.8) is 0 Å². The zero-order chi connectivity index (χ0) is 14.7. The molecule has 5 nitrogen and oxygen atoms in total. The highest BCUT2D eigenvalue weighted by atomic mass is 16.5. The summed E-state index contributed by atoms with van der Waals surface area (Å²) in [6.45, 7) is 13.1. The van der Waals surface area contributed by atoms with Crippen molar-refractivity contribution in [1.29, 1.82) is 0 Å². The highest BCUT2D eigenvalue weighted by molar-refractivity contribution is 5.59. The Kier molecular flexibility index (Phi) is 4.81. The van der Waals surface area contributed by atoms with Crippen LogP contribution >= 0.6 is 0 Å². The summed E-state index contributed by atoms with van der Waals surface area (Å²) in [5, 5.41) is 3.40. The molecule has 1 saturated heterocycles. The van der Waals surface area contributed by atoms with Gasteiger partial charge in [-0.3, -0.25) is 0 Å². The molecular formula is C15H26N4O. The minimum Gasteiger partial charge on any atom is -0.375 e. The van der Waals surface area contributed by atoms with E-state index >= 15 is 0 Å². The minimum atomic E-state index is 0.243.